The molecule has 4 nitrogen and oxygen atoms in total. The van der Waals surface area contributed by atoms with Crippen molar-refractivity contribution in [2.24, 2.45) is 4.99 Å². The number of nitrogens with one attached hydrogen (secondary N) is 2. The van der Waals surface area contributed by atoms with Crippen LogP contribution in [-0.2, 0) is 6.42 Å². The summed E-state index contributed by atoms with van der Waals surface area (Å²) in [4.78, 5) is 7.31. The lowest BCUT2D eigenvalue weighted by molar-refractivity contribution is 0.218. The highest BCUT2D eigenvalue weighted by Gasteiger charge is 2.29. The largest absolute Gasteiger partial charge is 0.357 e. The number of guanidine groups is 1. The van der Waals surface area contributed by atoms with Gasteiger partial charge >= 0.3 is 0 Å². The second-order valence-corrected chi connectivity index (χ2v) is 6.49. The molecule has 23 heavy (non-hydrogen) atoms. The zero-order valence-corrected chi connectivity index (χ0v) is 14.9. The minimum absolute atomic E-state index is 0.617. The van der Waals surface area contributed by atoms with Crippen molar-refractivity contribution < 1.29 is 0 Å². The molecule has 0 unspecified atom stereocenters. The van der Waals surface area contributed by atoms with Crippen LogP contribution in [-0.4, -0.2) is 49.1 Å². The van der Waals surface area contributed by atoms with Crippen LogP contribution in [0, 0.1) is 0 Å². The molecular formula is C19H32N4. The summed E-state index contributed by atoms with van der Waals surface area (Å²) >= 11 is 0. The average Bonchev–Trinajstić information content (AvgIpc) is 3.37. The third-order valence-corrected chi connectivity index (χ3v) is 4.20. The fourth-order valence-electron chi connectivity index (χ4n) is 2.86. The lowest BCUT2D eigenvalue weighted by Crippen LogP contribution is -2.40. The van der Waals surface area contributed by atoms with E-state index in [2.05, 4.69) is 66.6 Å². The van der Waals surface area contributed by atoms with E-state index in [9.17, 15) is 0 Å². The molecular weight excluding hydrogens is 284 g/mol. The quantitative estimate of drug-likeness (QED) is 0.543. The molecule has 0 atom stereocenters. The molecule has 1 aromatic carbocycles. The maximum absolute atomic E-state index is 4.73. The SMILES string of the molecule is CCNC(=NCCN(C(C)C)C1CC1)NCCc1ccccc1. The highest BCUT2D eigenvalue weighted by molar-refractivity contribution is 5.79. The maximum atomic E-state index is 4.73. The zero-order chi connectivity index (χ0) is 16.5. The number of rotatable bonds is 9. The maximum Gasteiger partial charge on any atom is 0.191 e. The van der Waals surface area contributed by atoms with Gasteiger partial charge in [-0.05, 0) is 45.6 Å². The van der Waals surface area contributed by atoms with Crippen molar-refractivity contribution in [3.8, 4) is 0 Å². The van der Waals surface area contributed by atoms with Crippen LogP contribution in [0.2, 0.25) is 0 Å². The Bertz CT molecular complexity index is 464. The lowest BCUT2D eigenvalue weighted by atomic mass is 10.1. The van der Waals surface area contributed by atoms with E-state index in [-0.39, 0.29) is 0 Å². The number of aliphatic imine (C=N–C) groups is 1. The van der Waals surface area contributed by atoms with Crippen molar-refractivity contribution in [3.05, 3.63) is 35.9 Å². The van der Waals surface area contributed by atoms with Crippen LogP contribution in [0.4, 0.5) is 0 Å². The number of hydrogen-bond donors (Lipinski definition) is 2. The number of benzene rings is 1. The Morgan fingerprint density at radius 3 is 2.57 bits per heavy atom. The van der Waals surface area contributed by atoms with Gasteiger partial charge in [0.2, 0.25) is 0 Å². The summed E-state index contributed by atoms with van der Waals surface area (Å²) < 4.78 is 0. The van der Waals surface area contributed by atoms with Gasteiger partial charge in [0, 0.05) is 31.7 Å². The highest BCUT2D eigenvalue weighted by Crippen LogP contribution is 2.28. The first-order valence-corrected chi connectivity index (χ1v) is 9.02. The van der Waals surface area contributed by atoms with Gasteiger partial charge in [0.1, 0.15) is 0 Å². The second kappa shape index (κ2) is 9.56. The van der Waals surface area contributed by atoms with Gasteiger partial charge in [-0.3, -0.25) is 9.89 Å². The van der Waals surface area contributed by atoms with Crippen molar-refractivity contribution in [3.63, 3.8) is 0 Å². The lowest BCUT2D eigenvalue weighted by Gasteiger charge is -2.25. The summed E-state index contributed by atoms with van der Waals surface area (Å²) in [6, 6.07) is 12.0. The predicted molar refractivity (Wildman–Crippen MR) is 99.0 cm³/mol. The Balaban J connectivity index is 1.75. The van der Waals surface area contributed by atoms with E-state index in [1.54, 1.807) is 0 Å². The molecule has 0 amide bonds. The van der Waals surface area contributed by atoms with E-state index in [0.29, 0.717) is 6.04 Å². The van der Waals surface area contributed by atoms with Gasteiger partial charge in [0.05, 0.1) is 6.54 Å². The molecule has 1 fully saturated rings. The summed E-state index contributed by atoms with van der Waals surface area (Å²) in [7, 11) is 0. The molecule has 0 radical (unpaired) electrons. The van der Waals surface area contributed by atoms with E-state index >= 15 is 0 Å². The molecule has 1 aliphatic rings. The molecule has 0 aliphatic heterocycles. The Hall–Kier alpha value is -1.55. The van der Waals surface area contributed by atoms with E-state index in [1.807, 2.05) is 0 Å². The van der Waals surface area contributed by atoms with Gasteiger partial charge in [-0.15, -0.1) is 0 Å². The van der Waals surface area contributed by atoms with Gasteiger partial charge in [0.25, 0.3) is 0 Å². The fourth-order valence-corrected chi connectivity index (χ4v) is 2.86. The van der Waals surface area contributed by atoms with Crippen molar-refractivity contribution in [1.82, 2.24) is 15.5 Å². The van der Waals surface area contributed by atoms with Crippen molar-refractivity contribution in [2.45, 2.75) is 52.1 Å². The summed E-state index contributed by atoms with van der Waals surface area (Å²) in [5.41, 5.74) is 1.36. The summed E-state index contributed by atoms with van der Waals surface area (Å²) in [5.74, 6) is 0.933. The van der Waals surface area contributed by atoms with Crippen LogP contribution in [0.1, 0.15) is 39.2 Å². The number of hydrogen-bond acceptors (Lipinski definition) is 2. The monoisotopic (exact) mass is 316 g/mol. The van der Waals surface area contributed by atoms with E-state index in [1.165, 1.54) is 18.4 Å². The summed E-state index contributed by atoms with van der Waals surface area (Å²) in [6.07, 6.45) is 3.74. The molecule has 1 saturated carbocycles. The van der Waals surface area contributed by atoms with Crippen molar-refractivity contribution >= 4 is 5.96 Å². The molecule has 1 aliphatic carbocycles. The van der Waals surface area contributed by atoms with Crippen LogP contribution >= 0.6 is 0 Å². The Morgan fingerprint density at radius 2 is 1.96 bits per heavy atom. The van der Waals surface area contributed by atoms with Crippen LogP contribution in [0.5, 0.6) is 0 Å². The summed E-state index contributed by atoms with van der Waals surface area (Å²) in [6.45, 7) is 10.4. The normalized spacial score (nSPS) is 15.3. The molecule has 0 aromatic heterocycles. The Kier molecular flexibility index (Phi) is 7.40. The molecule has 1 aromatic rings. The summed E-state index contributed by atoms with van der Waals surface area (Å²) in [5, 5.41) is 6.77. The molecule has 0 heterocycles. The van der Waals surface area contributed by atoms with Crippen LogP contribution < -0.4 is 10.6 Å². The minimum Gasteiger partial charge on any atom is -0.357 e. The first-order valence-electron chi connectivity index (χ1n) is 9.02. The first kappa shape index (κ1) is 17.8. The third kappa shape index (κ3) is 6.61. The standard InChI is InChI=1S/C19H32N4/c1-4-20-19(21-13-12-17-8-6-5-7-9-17)22-14-15-23(16(2)3)18-10-11-18/h5-9,16,18H,4,10-15H2,1-3H3,(H2,20,21,22). The third-order valence-electron chi connectivity index (χ3n) is 4.20. The number of nitrogens with zero attached hydrogens (tertiary/aromatic N) is 2. The molecule has 2 rings (SSSR count). The zero-order valence-electron chi connectivity index (χ0n) is 14.9. The van der Waals surface area contributed by atoms with Crippen molar-refractivity contribution in [2.75, 3.05) is 26.2 Å². The Labute approximate surface area is 141 Å². The topological polar surface area (TPSA) is 39.7 Å². The first-order chi connectivity index (χ1) is 11.2. The molecule has 2 N–H and O–H groups in total. The van der Waals surface area contributed by atoms with Crippen molar-refractivity contribution in [1.29, 1.82) is 0 Å². The molecule has 0 saturated heterocycles. The van der Waals surface area contributed by atoms with Crippen LogP contribution in [0.3, 0.4) is 0 Å². The van der Waals surface area contributed by atoms with E-state index in [4.69, 9.17) is 4.99 Å². The predicted octanol–water partition coefficient (Wildman–Crippen LogP) is 2.66. The van der Waals surface area contributed by atoms with E-state index in [0.717, 1.165) is 44.6 Å². The van der Waals surface area contributed by atoms with Gasteiger partial charge < -0.3 is 10.6 Å². The van der Waals surface area contributed by atoms with Crippen LogP contribution in [0.15, 0.2) is 35.3 Å². The highest BCUT2D eigenvalue weighted by atomic mass is 15.2. The smallest absolute Gasteiger partial charge is 0.191 e. The Morgan fingerprint density at radius 1 is 1.22 bits per heavy atom. The molecule has 4 heteroatoms. The molecule has 0 bridgehead atoms. The van der Waals surface area contributed by atoms with Gasteiger partial charge in [-0.1, -0.05) is 30.3 Å². The van der Waals surface area contributed by atoms with Gasteiger partial charge in [0.15, 0.2) is 5.96 Å². The van der Waals surface area contributed by atoms with Crippen LogP contribution in [0.25, 0.3) is 0 Å². The molecule has 0 spiro atoms. The molecule has 128 valence electrons. The van der Waals surface area contributed by atoms with E-state index < -0.39 is 0 Å². The fraction of sp³-hybridized carbons (Fsp3) is 0.632. The van der Waals surface area contributed by atoms with Gasteiger partial charge in [-0.25, -0.2) is 0 Å². The van der Waals surface area contributed by atoms with Gasteiger partial charge in [-0.2, -0.15) is 0 Å². The average molecular weight is 316 g/mol. The second-order valence-electron chi connectivity index (χ2n) is 6.49. The minimum atomic E-state index is 0.617.